The second-order valence-corrected chi connectivity index (χ2v) is 8.50. The first-order valence-corrected chi connectivity index (χ1v) is 10.7. The number of nitrogens with one attached hydrogen (secondary N) is 2. The van der Waals surface area contributed by atoms with Gasteiger partial charge in [-0.1, -0.05) is 30.3 Å². The number of thioether (sulfide) groups is 1. The van der Waals surface area contributed by atoms with Gasteiger partial charge in [-0.25, -0.2) is 0 Å². The number of carbonyl (C=O) groups is 2. The van der Waals surface area contributed by atoms with Gasteiger partial charge in [-0.05, 0) is 35.7 Å². The zero-order chi connectivity index (χ0) is 18.6. The molecule has 6 heteroatoms. The summed E-state index contributed by atoms with van der Waals surface area (Å²) in [6.45, 7) is 3.71. The van der Waals surface area contributed by atoms with Crippen molar-refractivity contribution in [2.75, 3.05) is 38.5 Å². The molecule has 0 atom stereocenters. The van der Waals surface area contributed by atoms with Gasteiger partial charge in [0.2, 0.25) is 5.91 Å². The number of benzene rings is 2. The molecule has 1 aliphatic carbocycles. The molecule has 0 radical (unpaired) electrons. The first kappa shape index (κ1) is 18.3. The van der Waals surface area contributed by atoms with Crippen molar-refractivity contribution in [3.63, 3.8) is 0 Å². The second kappa shape index (κ2) is 8.31. The number of piperazine rings is 1. The molecular weight excluding hydrogens is 358 g/mol. The van der Waals surface area contributed by atoms with E-state index in [0.717, 1.165) is 43.9 Å². The Labute approximate surface area is 164 Å². The van der Waals surface area contributed by atoms with Crippen LogP contribution in [0.1, 0.15) is 12.8 Å². The van der Waals surface area contributed by atoms with E-state index in [-0.39, 0.29) is 11.8 Å². The minimum absolute atomic E-state index is 0.152. The van der Waals surface area contributed by atoms with Crippen LogP contribution in [0.2, 0.25) is 0 Å². The lowest BCUT2D eigenvalue weighted by molar-refractivity contribution is -0.896. The third kappa shape index (κ3) is 5.02. The Morgan fingerprint density at radius 3 is 2.56 bits per heavy atom. The van der Waals surface area contributed by atoms with Crippen LogP contribution >= 0.6 is 11.8 Å². The molecule has 0 spiro atoms. The van der Waals surface area contributed by atoms with Crippen molar-refractivity contribution in [1.29, 1.82) is 0 Å². The molecule has 2 aliphatic rings. The molecule has 142 valence electrons. The highest BCUT2D eigenvalue weighted by atomic mass is 32.2. The van der Waals surface area contributed by atoms with Gasteiger partial charge in [0.25, 0.3) is 5.91 Å². The van der Waals surface area contributed by atoms with Crippen LogP contribution in [-0.4, -0.2) is 61.2 Å². The van der Waals surface area contributed by atoms with Crippen LogP contribution in [-0.2, 0) is 9.59 Å². The first-order valence-electron chi connectivity index (χ1n) is 9.70. The monoisotopic (exact) mass is 384 g/mol. The molecule has 1 saturated heterocycles. The van der Waals surface area contributed by atoms with E-state index in [1.165, 1.54) is 15.7 Å². The highest BCUT2D eigenvalue weighted by molar-refractivity contribution is 8.00. The summed E-state index contributed by atoms with van der Waals surface area (Å²) in [5.74, 6) is 0.810. The van der Waals surface area contributed by atoms with Gasteiger partial charge in [0.15, 0.2) is 6.54 Å². The van der Waals surface area contributed by atoms with Crippen molar-refractivity contribution in [2.45, 2.75) is 23.8 Å². The topological polar surface area (TPSA) is 53.9 Å². The molecule has 1 saturated carbocycles. The molecule has 27 heavy (non-hydrogen) atoms. The van der Waals surface area contributed by atoms with Gasteiger partial charge in [0.1, 0.15) is 0 Å². The summed E-state index contributed by atoms with van der Waals surface area (Å²) in [6, 6.07) is 15.0. The third-order valence-corrected chi connectivity index (χ3v) is 6.24. The zero-order valence-corrected chi connectivity index (χ0v) is 16.3. The van der Waals surface area contributed by atoms with Crippen LogP contribution in [0, 0.1) is 0 Å². The van der Waals surface area contributed by atoms with E-state index < -0.39 is 0 Å². The molecule has 2 N–H and O–H groups in total. The molecule has 0 bridgehead atoms. The smallest absolute Gasteiger partial charge is 0.275 e. The largest absolute Gasteiger partial charge is 0.348 e. The van der Waals surface area contributed by atoms with E-state index in [1.807, 2.05) is 17.0 Å². The molecule has 2 aromatic rings. The number of nitrogens with zero attached hydrogens (tertiary/aromatic N) is 1. The lowest BCUT2D eigenvalue weighted by Crippen LogP contribution is -3.15. The maximum Gasteiger partial charge on any atom is 0.275 e. The fourth-order valence-corrected chi connectivity index (χ4v) is 4.32. The molecule has 5 nitrogen and oxygen atoms in total. The molecule has 2 fully saturated rings. The van der Waals surface area contributed by atoms with E-state index in [4.69, 9.17) is 0 Å². The van der Waals surface area contributed by atoms with Crippen LogP contribution < -0.4 is 10.2 Å². The fourth-order valence-electron chi connectivity index (χ4n) is 3.48. The quantitative estimate of drug-likeness (QED) is 0.729. The Hall–Kier alpha value is -2.05. The third-order valence-electron chi connectivity index (χ3n) is 5.26. The van der Waals surface area contributed by atoms with E-state index >= 15 is 0 Å². The summed E-state index contributed by atoms with van der Waals surface area (Å²) < 4.78 is 0. The van der Waals surface area contributed by atoms with Crippen molar-refractivity contribution in [3.05, 3.63) is 42.5 Å². The lowest BCUT2D eigenvalue weighted by Gasteiger charge is -2.31. The summed E-state index contributed by atoms with van der Waals surface area (Å²) in [5.41, 5.74) is 0. The number of carbonyl (C=O) groups excluding carboxylic acids is 2. The van der Waals surface area contributed by atoms with E-state index in [0.29, 0.717) is 18.3 Å². The van der Waals surface area contributed by atoms with Gasteiger partial charge in [0.05, 0.1) is 31.9 Å². The summed E-state index contributed by atoms with van der Waals surface area (Å²) in [6.07, 6.45) is 2.25. The Bertz CT molecular complexity index is 829. The maximum atomic E-state index is 12.5. The molecule has 1 heterocycles. The van der Waals surface area contributed by atoms with Gasteiger partial charge in [-0.2, -0.15) is 0 Å². The standard InChI is InChI=1S/C21H25N3O2S/c25-20(22-18-6-7-18)14-23-9-11-24(12-10-23)21(26)15-27-19-8-5-16-3-1-2-4-17(16)13-19/h1-5,8,13,18H,6-7,9-12,14-15H2,(H,22,25)/p+1. The Kier molecular flexibility index (Phi) is 5.64. The van der Waals surface area contributed by atoms with Crippen molar-refractivity contribution in [1.82, 2.24) is 10.2 Å². The molecule has 2 aromatic carbocycles. The highest BCUT2D eigenvalue weighted by Gasteiger charge is 2.28. The second-order valence-electron chi connectivity index (χ2n) is 7.45. The van der Waals surface area contributed by atoms with Crippen LogP contribution in [0.4, 0.5) is 0 Å². The van der Waals surface area contributed by atoms with Crippen LogP contribution in [0.3, 0.4) is 0 Å². The predicted molar refractivity (Wildman–Crippen MR) is 108 cm³/mol. The lowest BCUT2D eigenvalue weighted by atomic mass is 10.1. The zero-order valence-electron chi connectivity index (χ0n) is 15.4. The number of fused-ring (bicyclic) bond motifs is 1. The van der Waals surface area contributed by atoms with Crippen LogP contribution in [0.15, 0.2) is 47.4 Å². The van der Waals surface area contributed by atoms with E-state index in [9.17, 15) is 9.59 Å². The molecule has 0 unspecified atom stereocenters. The number of hydrogen-bond donors (Lipinski definition) is 2. The maximum absolute atomic E-state index is 12.5. The fraction of sp³-hybridized carbons (Fsp3) is 0.429. The molecule has 4 rings (SSSR count). The average Bonchev–Trinajstić information content (AvgIpc) is 3.50. The average molecular weight is 385 g/mol. The first-order chi connectivity index (χ1) is 13.2. The van der Waals surface area contributed by atoms with E-state index in [1.54, 1.807) is 11.8 Å². The predicted octanol–water partition coefficient (Wildman–Crippen LogP) is 0.938. The number of hydrogen-bond acceptors (Lipinski definition) is 3. The molecule has 0 aromatic heterocycles. The normalized spacial score (nSPS) is 17.9. The minimum atomic E-state index is 0.152. The minimum Gasteiger partial charge on any atom is -0.348 e. The number of rotatable bonds is 6. The van der Waals surface area contributed by atoms with Crippen molar-refractivity contribution >= 4 is 34.3 Å². The highest BCUT2D eigenvalue weighted by Crippen LogP contribution is 2.23. The summed E-state index contributed by atoms with van der Waals surface area (Å²) in [7, 11) is 0. The van der Waals surface area contributed by atoms with Gasteiger partial charge < -0.3 is 15.1 Å². The SMILES string of the molecule is O=C(C[NH+]1CCN(C(=O)CSc2ccc3ccccc3c2)CC1)NC1CC1. The van der Waals surface area contributed by atoms with Crippen molar-refractivity contribution in [2.24, 2.45) is 0 Å². The van der Waals surface area contributed by atoms with Gasteiger partial charge >= 0.3 is 0 Å². The van der Waals surface area contributed by atoms with E-state index in [2.05, 4.69) is 35.6 Å². The Balaban J connectivity index is 1.22. The van der Waals surface area contributed by atoms with Crippen LogP contribution in [0.25, 0.3) is 10.8 Å². The Morgan fingerprint density at radius 1 is 1.07 bits per heavy atom. The van der Waals surface area contributed by atoms with Crippen LogP contribution in [0.5, 0.6) is 0 Å². The van der Waals surface area contributed by atoms with Gasteiger partial charge in [-0.15, -0.1) is 11.8 Å². The number of amides is 2. The number of quaternary nitrogens is 1. The summed E-state index contributed by atoms with van der Waals surface area (Å²) >= 11 is 1.60. The van der Waals surface area contributed by atoms with Crippen molar-refractivity contribution in [3.8, 4) is 0 Å². The summed E-state index contributed by atoms with van der Waals surface area (Å²) in [4.78, 5) is 28.8. The Morgan fingerprint density at radius 2 is 1.81 bits per heavy atom. The molecule has 2 amide bonds. The van der Waals surface area contributed by atoms with Crippen molar-refractivity contribution < 1.29 is 14.5 Å². The summed E-state index contributed by atoms with van der Waals surface area (Å²) in [5, 5.41) is 5.47. The molecule has 1 aliphatic heterocycles. The van der Waals surface area contributed by atoms with Gasteiger partial charge in [-0.3, -0.25) is 9.59 Å². The van der Waals surface area contributed by atoms with Gasteiger partial charge in [0, 0.05) is 10.9 Å². The molecular formula is C21H26N3O2S+.